The number of fused-ring (bicyclic) bond motifs is 10. The number of nitrogens with one attached hydrogen (secondary N) is 2. The fraction of sp³-hybridized carbons (Fsp3) is 0.326. The number of anilines is 1. The molecule has 3 aliphatic heterocycles. The maximum absolute atomic E-state index is 11.4. The van der Waals surface area contributed by atoms with Gasteiger partial charge in [-0.3, -0.25) is 14.4 Å². The molecule has 12 rings (SSSR count). The van der Waals surface area contributed by atoms with Gasteiger partial charge in [-0.25, -0.2) is 15.0 Å². The van der Waals surface area contributed by atoms with Crippen LogP contribution < -0.4 is 10.6 Å². The minimum Gasteiger partial charge on any atom is -0.371 e. The van der Waals surface area contributed by atoms with Gasteiger partial charge >= 0.3 is 0 Å². The predicted octanol–water partition coefficient (Wildman–Crippen LogP) is 8.68. The predicted molar refractivity (Wildman–Crippen MR) is 240 cm³/mol. The molecule has 14 heteroatoms. The van der Waals surface area contributed by atoms with Gasteiger partial charge in [0.25, 0.3) is 0 Å². The zero-order valence-corrected chi connectivity index (χ0v) is 37.5. The molecule has 60 heavy (non-hydrogen) atoms. The molecule has 11 nitrogen and oxygen atoms in total. The lowest BCUT2D eigenvalue weighted by molar-refractivity contribution is -0.135. The van der Waals surface area contributed by atoms with E-state index >= 15 is 0 Å². The summed E-state index contributed by atoms with van der Waals surface area (Å²) in [6.45, 7) is 3.19. The molecule has 6 aromatic rings. The first-order chi connectivity index (χ1) is 29.2. The summed E-state index contributed by atoms with van der Waals surface area (Å²) in [5, 5.41) is 6.44. The summed E-state index contributed by atoms with van der Waals surface area (Å²) < 4.78 is 21.9. The Kier molecular flexibility index (Phi) is 10.7. The molecule has 0 saturated carbocycles. The highest BCUT2D eigenvalue weighted by molar-refractivity contribution is 9.11. The van der Waals surface area contributed by atoms with Crippen molar-refractivity contribution in [1.82, 2.24) is 24.8 Å². The van der Waals surface area contributed by atoms with Crippen LogP contribution in [0.3, 0.4) is 0 Å². The topological polar surface area (TPSA) is 125 Å². The van der Waals surface area contributed by atoms with Gasteiger partial charge < -0.3 is 24.8 Å². The molecule has 6 heterocycles. The number of morpholine rings is 1. The summed E-state index contributed by atoms with van der Waals surface area (Å²) in [5.74, 6) is 1.82. The van der Waals surface area contributed by atoms with Crippen LogP contribution >= 0.6 is 47.8 Å². The van der Waals surface area contributed by atoms with Crippen LogP contribution in [0.5, 0.6) is 0 Å². The number of benzene rings is 3. The van der Waals surface area contributed by atoms with Crippen molar-refractivity contribution in [3.63, 3.8) is 0 Å². The molecule has 0 radical (unpaired) electrons. The highest BCUT2D eigenvalue weighted by atomic mass is 79.9. The summed E-state index contributed by atoms with van der Waals surface area (Å²) in [4.78, 5) is 30.2. The summed E-state index contributed by atoms with van der Waals surface area (Å²) in [7, 11) is 0. The quantitative estimate of drug-likeness (QED) is 0.157. The maximum atomic E-state index is 11.4. The first-order valence-corrected chi connectivity index (χ1v) is 22.6. The minimum atomic E-state index is -0.244. The lowest BCUT2D eigenvalue weighted by Gasteiger charge is -2.37. The number of carbonyl (C=O) groups excluding carboxylic acids is 1. The Hall–Kier alpha value is -4.31. The molecule has 3 aromatic heterocycles. The zero-order chi connectivity index (χ0) is 40.9. The third-order valence-electron chi connectivity index (χ3n) is 12.5. The number of hydrogen-bond donors (Lipinski definition) is 2. The van der Waals surface area contributed by atoms with Crippen LogP contribution in [-0.4, -0.2) is 64.3 Å². The van der Waals surface area contributed by atoms with Crippen LogP contribution in [0.15, 0.2) is 116 Å². The Balaban J connectivity index is 0.000000111. The smallest absolute Gasteiger partial charge is 0.246 e. The molecule has 3 unspecified atom stereocenters. The third kappa shape index (κ3) is 7.22. The van der Waals surface area contributed by atoms with E-state index in [0.717, 1.165) is 80.8 Å². The number of halogens is 3. The third-order valence-corrected chi connectivity index (χ3v) is 14.0. The Morgan fingerprint density at radius 1 is 0.633 bits per heavy atom. The van der Waals surface area contributed by atoms with Crippen molar-refractivity contribution in [1.29, 1.82) is 0 Å². The molecule has 3 spiro atoms. The molecular weight excluding hydrogens is 954 g/mol. The Bertz CT molecular complexity index is 2670. The summed E-state index contributed by atoms with van der Waals surface area (Å²) in [5.41, 5.74) is 10.1. The molecule has 1 fully saturated rings. The number of aromatic nitrogens is 4. The van der Waals surface area contributed by atoms with E-state index in [1.807, 2.05) is 36.4 Å². The van der Waals surface area contributed by atoms with Crippen LogP contribution in [-0.2, 0) is 61.5 Å². The van der Waals surface area contributed by atoms with Gasteiger partial charge in [-0.05, 0) is 144 Å². The monoisotopic (exact) mass is 993 g/mol. The second-order valence-electron chi connectivity index (χ2n) is 16.1. The van der Waals surface area contributed by atoms with Crippen LogP contribution in [0.25, 0.3) is 11.2 Å². The van der Waals surface area contributed by atoms with E-state index in [9.17, 15) is 4.79 Å². The van der Waals surface area contributed by atoms with Crippen molar-refractivity contribution in [2.45, 2.75) is 61.7 Å². The number of rotatable bonds is 1. The SMILES string of the molecule is Brc1ccc(NC2=NC3(CCc4ccccc43)COC2)c(Br)n1.Brc1ccc2nc3n(c2n1)C1(CCc2ccccc21)COC3.O=C1COCC2(CCc3ccccc32)N1. The number of amides is 1. The standard InChI is InChI=1S/C17H15Br2N3O.C17H14BrN3O.C12H13NO2/c18-14-6-5-13(16(19)21-14)20-15-9-23-10-17(22-15)8-7-11-3-1-2-4-12(11)17;18-14-6-5-13-16(20-14)21-15(19-13)9-22-10-17(21)8-7-11-3-1-2-4-12(11)17;14-11-7-15-8-12(13-11)6-5-9-3-1-2-4-10(9)12/h1-6H,7-10H2,(H,20,22);1-6H,7-10H2;1-4H,5-8H2,(H,13,14). The average molecular weight is 997 g/mol. The fourth-order valence-electron chi connectivity index (χ4n) is 9.88. The first-order valence-electron chi connectivity index (χ1n) is 20.3. The average Bonchev–Trinajstić information content (AvgIpc) is 4.02. The van der Waals surface area contributed by atoms with E-state index in [2.05, 4.69) is 129 Å². The van der Waals surface area contributed by atoms with Crippen LogP contribution in [0, 0.1) is 0 Å². The molecular formula is C46H42Br3N7O4. The molecule has 6 aliphatic rings. The van der Waals surface area contributed by atoms with Gasteiger partial charge in [0, 0.05) is 0 Å². The highest BCUT2D eigenvalue weighted by Crippen LogP contribution is 2.45. The van der Waals surface area contributed by atoms with E-state index in [0.29, 0.717) is 33.0 Å². The molecule has 3 atom stereocenters. The van der Waals surface area contributed by atoms with E-state index in [-0.39, 0.29) is 29.1 Å². The van der Waals surface area contributed by atoms with E-state index in [1.165, 1.54) is 33.4 Å². The molecule has 306 valence electrons. The van der Waals surface area contributed by atoms with Crippen molar-refractivity contribution in [3.05, 3.63) is 150 Å². The number of hydrogen-bond acceptors (Lipinski definition) is 9. The van der Waals surface area contributed by atoms with Gasteiger partial charge in [0.2, 0.25) is 5.91 Å². The van der Waals surface area contributed by atoms with Gasteiger partial charge in [0.05, 0.1) is 36.6 Å². The van der Waals surface area contributed by atoms with Gasteiger partial charge in [0.15, 0.2) is 5.65 Å². The lowest BCUT2D eigenvalue weighted by atomic mass is 9.91. The molecule has 1 saturated heterocycles. The lowest BCUT2D eigenvalue weighted by Crippen LogP contribution is -2.53. The molecule has 3 aliphatic carbocycles. The van der Waals surface area contributed by atoms with Gasteiger partial charge in [-0.1, -0.05) is 72.8 Å². The van der Waals surface area contributed by atoms with Crippen molar-refractivity contribution in [3.8, 4) is 0 Å². The second-order valence-corrected chi connectivity index (χ2v) is 18.5. The van der Waals surface area contributed by atoms with Crippen LogP contribution in [0.4, 0.5) is 5.69 Å². The minimum absolute atomic E-state index is 0.00190. The van der Waals surface area contributed by atoms with E-state index in [1.54, 1.807) is 0 Å². The summed E-state index contributed by atoms with van der Waals surface area (Å²) in [6.07, 6.45) is 6.15. The van der Waals surface area contributed by atoms with Crippen molar-refractivity contribution >= 4 is 76.4 Å². The maximum Gasteiger partial charge on any atom is 0.246 e. The zero-order valence-electron chi connectivity index (χ0n) is 32.7. The summed E-state index contributed by atoms with van der Waals surface area (Å²) >= 11 is 10.3. The largest absolute Gasteiger partial charge is 0.371 e. The molecule has 0 bridgehead atoms. The molecule has 2 N–H and O–H groups in total. The summed E-state index contributed by atoms with van der Waals surface area (Å²) in [6, 6.07) is 33.3. The molecule has 1 amide bonds. The highest BCUT2D eigenvalue weighted by Gasteiger charge is 2.46. The van der Waals surface area contributed by atoms with Gasteiger partial charge in [-0.2, -0.15) is 0 Å². The van der Waals surface area contributed by atoms with Crippen LogP contribution in [0.1, 0.15) is 58.5 Å². The van der Waals surface area contributed by atoms with Crippen molar-refractivity contribution in [2.24, 2.45) is 4.99 Å². The number of imidazole rings is 1. The van der Waals surface area contributed by atoms with Gasteiger partial charge in [-0.15, -0.1) is 0 Å². The van der Waals surface area contributed by atoms with Crippen LogP contribution in [0.2, 0.25) is 0 Å². The molecule has 3 aromatic carbocycles. The number of amidine groups is 1. The van der Waals surface area contributed by atoms with Crippen molar-refractivity contribution in [2.75, 3.05) is 38.4 Å². The first kappa shape index (κ1) is 39.8. The Labute approximate surface area is 373 Å². The van der Waals surface area contributed by atoms with Crippen molar-refractivity contribution < 1.29 is 19.0 Å². The van der Waals surface area contributed by atoms with Gasteiger partial charge in [0.1, 0.15) is 56.3 Å². The Morgan fingerprint density at radius 3 is 2.08 bits per heavy atom. The number of aryl methyl sites for hydroxylation is 3. The second kappa shape index (κ2) is 16.2. The fourth-order valence-corrected chi connectivity index (χ4v) is 11.1. The Morgan fingerprint density at radius 2 is 1.28 bits per heavy atom. The number of carbonyl (C=O) groups is 1. The van der Waals surface area contributed by atoms with E-state index in [4.69, 9.17) is 29.2 Å². The number of nitrogens with zero attached hydrogens (tertiary/aromatic N) is 5. The normalized spacial score (nSPS) is 24.4. The van der Waals surface area contributed by atoms with E-state index < -0.39 is 0 Å². The number of pyridine rings is 2. The number of aliphatic imine (C=N–C) groups is 1. The number of ether oxygens (including phenoxy) is 3.